The van der Waals surface area contributed by atoms with Crippen LogP contribution in [0.3, 0.4) is 0 Å². The molecule has 0 saturated heterocycles. The molecule has 0 fully saturated rings. The molecule has 1 heterocycles. The van der Waals surface area contributed by atoms with E-state index in [0.717, 1.165) is 6.39 Å². The van der Waals surface area contributed by atoms with Crippen molar-refractivity contribution in [3.63, 3.8) is 0 Å². The third-order valence-electron chi connectivity index (χ3n) is 0.461. The molecule has 0 atom stereocenters. The fraction of sp³-hybridized carbons (Fsp3) is 0. The first-order valence-corrected chi connectivity index (χ1v) is 1.60. The number of anilines is 1. The van der Waals surface area contributed by atoms with Crippen LogP contribution in [0.15, 0.2) is 10.9 Å². The van der Waals surface area contributed by atoms with E-state index in [1.54, 1.807) is 5.48 Å². The van der Waals surface area contributed by atoms with Crippen molar-refractivity contribution in [3.05, 3.63) is 6.39 Å². The van der Waals surface area contributed by atoms with Crippen molar-refractivity contribution < 1.29 is 9.73 Å². The Kier molecular flexibility index (Phi) is 0.910. The van der Waals surface area contributed by atoms with E-state index in [1.807, 2.05) is 0 Å². The van der Waals surface area contributed by atoms with Gasteiger partial charge in [0.15, 0.2) is 0 Å². The molecule has 0 aliphatic rings. The number of hydrogen-bond donors (Lipinski definition) is 2. The topological polar surface area (TPSA) is 71.2 Å². The zero-order valence-electron chi connectivity index (χ0n) is 3.33. The minimum Gasteiger partial charge on any atom is -0.341 e. The van der Waals surface area contributed by atoms with Crippen LogP contribution in [0.5, 0.6) is 0 Å². The predicted octanol–water partition coefficient (Wildman–Crippen LogP) is -0.129. The average Bonchev–Trinajstić information content (AvgIpc) is 2.14. The van der Waals surface area contributed by atoms with Crippen LogP contribution >= 0.6 is 0 Å². The maximum atomic E-state index is 7.99. The summed E-state index contributed by atoms with van der Waals surface area (Å²) in [4.78, 5) is 3.40. The number of hydrogen-bond acceptors (Lipinski definition) is 5. The highest BCUT2D eigenvalue weighted by Gasteiger charge is 1.87. The van der Waals surface area contributed by atoms with Gasteiger partial charge in [-0.15, -0.1) is 0 Å². The molecule has 2 N–H and O–H groups in total. The maximum Gasteiger partial charge on any atom is 0.286 e. The van der Waals surface area contributed by atoms with Crippen molar-refractivity contribution in [2.75, 3.05) is 5.48 Å². The molecule has 0 bridgehead atoms. The van der Waals surface area contributed by atoms with Crippen LogP contribution in [0.2, 0.25) is 0 Å². The molecule has 1 aromatic heterocycles. The molecule has 1 rings (SSSR count). The first-order chi connectivity index (χ1) is 3.43. The number of rotatable bonds is 1. The second-order valence-electron chi connectivity index (χ2n) is 0.867. The molecule has 0 aliphatic carbocycles. The van der Waals surface area contributed by atoms with Crippen LogP contribution in [0.4, 0.5) is 5.95 Å². The van der Waals surface area contributed by atoms with Crippen LogP contribution in [0.1, 0.15) is 0 Å². The predicted molar refractivity (Wildman–Crippen MR) is 19.7 cm³/mol. The Labute approximate surface area is 38.9 Å². The van der Waals surface area contributed by atoms with Gasteiger partial charge in [0, 0.05) is 0 Å². The van der Waals surface area contributed by atoms with E-state index in [2.05, 4.69) is 14.7 Å². The zero-order valence-corrected chi connectivity index (χ0v) is 3.33. The van der Waals surface area contributed by atoms with Crippen molar-refractivity contribution >= 4 is 5.95 Å². The molecule has 0 unspecified atom stereocenters. The summed E-state index contributed by atoms with van der Waals surface area (Å²) >= 11 is 0. The molecule has 0 radical (unpaired) electrons. The molecule has 0 spiro atoms. The molecule has 0 aromatic carbocycles. The summed E-state index contributed by atoms with van der Waals surface area (Å²) in [6.07, 6.45) is 1.11. The van der Waals surface area contributed by atoms with E-state index in [0.29, 0.717) is 0 Å². The summed E-state index contributed by atoms with van der Waals surface area (Å²) in [6, 6.07) is 0. The lowest BCUT2D eigenvalue weighted by Crippen LogP contribution is -1.89. The van der Waals surface area contributed by atoms with Crippen molar-refractivity contribution in [1.82, 2.24) is 10.1 Å². The fourth-order valence-corrected chi connectivity index (χ4v) is 0.220. The van der Waals surface area contributed by atoms with Crippen molar-refractivity contribution in [2.24, 2.45) is 0 Å². The van der Waals surface area contributed by atoms with E-state index >= 15 is 0 Å². The Hall–Kier alpha value is -1.10. The van der Waals surface area contributed by atoms with Gasteiger partial charge in [-0.1, -0.05) is 0 Å². The van der Waals surface area contributed by atoms with Gasteiger partial charge in [0.1, 0.15) is 0 Å². The van der Waals surface area contributed by atoms with Crippen molar-refractivity contribution in [1.29, 1.82) is 0 Å². The second-order valence-corrected chi connectivity index (χ2v) is 0.867. The Morgan fingerprint density at radius 2 is 2.71 bits per heavy atom. The maximum absolute atomic E-state index is 7.99. The van der Waals surface area contributed by atoms with Gasteiger partial charge in [-0.05, 0) is 5.16 Å². The molecule has 5 heteroatoms. The first kappa shape index (κ1) is 4.07. The van der Waals surface area contributed by atoms with E-state index in [9.17, 15) is 0 Å². The Balaban J connectivity index is 2.76. The van der Waals surface area contributed by atoms with Gasteiger partial charge in [-0.25, -0.2) is 5.48 Å². The summed E-state index contributed by atoms with van der Waals surface area (Å²) in [6.45, 7) is 0. The summed E-state index contributed by atoms with van der Waals surface area (Å²) in [5.41, 5.74) is 1.69. The van der Waals surface area contributed by atoms with Crippen molar-refractivity contribution in [2.45, 2.75) is 0 Å². The minimum atomic E-state index is 0.0694. The third kappa shape index (κ3) is 0.660. The van der Waals surface area contributed by atoms with Gasteiger partial charge in [-0.2, -0.15) is 4.98 Å². The minimum absolute atomic E-state index is 0.0694. The van der Waals surface area contributed by atoms with Crippen LogP contribution in [-0.4, -0.2) is 15.3 Å². The smallest absolute Gasteiger partial charge is 0.286 e. The van der Waals surface area contributed by atoms with Gasteiger partial charge in [0.05, 0.1) is 0 Å². The summed E-state index contributed by atoms with van der Waals surface area (Å²) < 4.78 is 4.22. The molecule has 38 valence electrons. The summed E-state index contributed by atoms with van der Waals surface area (Å²) in [5, 5.41) is 11.2. The molecular weight excluding hydrogens is 98.0 g/mol. The first-order valence-electron chi connectivity index (χ1n) is 1.60. The quantitative estimate of drug-likeness (QED) is 0.482. The standard InChI is InChI=1S/C2H3N3O2/c6-4-2-3-1-7-5-2/h1,6H,(H,4,5). The van der Waals surface area contributed by atoms with E-state index in [1.165, 1.54) is 0 Å². The van der Waals surface area contributed by atoms with Crippen molar-refractivity contribution in [3.8, 4) is 0 Å². The molecular formula is C2H3N3O2. The van der Waals surface area contributed by atoms with Gasteiger partial charge in [0.2, 0.25) is 6.39 Å². The molecule has 0 aliphatic heterocycles. The SMILES string of the molecule is ONc1ncon1. The van der Waals surface area contributed by atoms with E-state index in [-0.39, 0.29) is 5.95 Å². The van der Waals surface area contributed by atoms with Crippen LogP contribution in [0.25, 0.3) is 0 Å². The average molecular weight is 101 g/mol. The van der Waals surface area contributed by atoms with Crippen LogP contribution in [0, 0.1) is 0 Å². The molecule has 0 amide bonds. The Morgan fingerprint density at radius 3 is 3.00 bits per heavy atom. The lowest BCUT2D eigenvalue weighted by molar-refractivity contribution is 0.368. The van der Waals surface area contributed by atoms with Gasteiger partial charge >= 0.3 is 0 Å². The molecule has 0 saturated carbocycles. The van der Waals surface area contributed by atoms with Gasteiger partial charge in [0.25, 0.3) is 5.95 Å². The highest BCUT2D eigenvalue weighted by Crippen LogP contribution is 1.89. The van der Waals surface area contributed by atoms with E-state index in [4.69, 9.17) is 5.21 Å². The summed E-state index contributed by atoms with van der Waals surface area (Å²) in [5.74, 6) is 0.0694. The number of aromatic nitrogens is 2. The monoisotopic (exact) mass is 101 g/mol. The Morgan fingerprint density at radius 1 is 1.86 bits per heavy atom. The Bertz CT molecular complexity index is 125. The second kappa shape index (κ2) is 1.57. The fourth-order valence-electron chi connectivity index (χ4n) is 0.220. The summed E-state index contributed by atoms with van der Waals surface area (Å²) in [7, 11) is 0. The normalized spacial score (nSPS) is 8.71. The van der Waals surface area contributed by atoms with Gasteiger partial charge in [-0.3, -0.25) is 5.21 Å². The lowest BCUT2D eigenvalue weighted by atomic mass is 11.1. The van der Waals surface area contributed by atoms with E-state index < -0.39 is 0 Å². The molecule has 5 nitrogen and oxygen atoms in total. The molecule has 7 heavy (non-hydrogen) atoms. The highest BCUT2D eigenvalue weighted by atomic mass is 16.5. The largest absolute Gasteiger partial charge is 0.341 e. The zero-order chi connectivity index (χ0) is 5.11. The third-order valence-corrected chi connectivity index (χ3v) is 0.461. The van der Waals surface area contributed by atoms with Crippen LogP contribution in [-0.2, 0) is 0 Å². The van der Waals surface area contributed by atoms with Crippen LogP contribution < -0.4 is 5.48 Å². The number of nitrogens with zero attached hydrogens (tertiary/aromatic N) is 2. The molecule has 1 aromatic rings. The lowest BCUT2D eigenvalue weighted by Gasteiger charge is -1.79. The highest BCUT2D eigenvalue weighted by molar-refractivity contribution is 5.12. The van der Waals surface area contributed by atoms with Gasteiger partial charge < -0.3 is 4.52 Å². The number of nitrogens with one attached hydrogen (secondary N) is 1.